The van der Waals surface area contributed by atoms with Crippen molar-refractivity contribution >= 4 is 11.8 Å². The second-order valence-electron chi connectivity index (χ2n) is 6.14. The van der Waals surface area contributed by atoms with Crippen molar-refractivity contribution in [2.75, 3.05) is 12.3 Å². The van der Waals surface area contributed by atoms with Crippen LogP contribution in [0.25, 0.3) is 0 Å². The van der Waals surface area contributed by atoms with E-state index < -0.39 is 0 Å². The fraction of sp³-hybridized carbons (Fsp3) is 1.00. The minimum atomic E-state index is 0.779. The molecule has 1 aliphatic carbocycles. The molecule has 0 aromatic carbocycles. The van der Waals surface area contributed by atoms with Gasteiger partial charge in [0.25, 0.3) is 0 Å². The molecule has 1 rings (SSSR count). The highest BCUT2D eigenvalue weighted by Gasteiger charge is 2.31. The molecule has 0 aliphatic heterocycles. The molecule has 2 heteroatoms. The Morgan fingerprint density at radius 2 is 1.94 bits per heavy atom. The topological polar surface area (TPSA) is 12.0 Å². The molecule has 0 bridgehead atoms. The van der Waals surface area contributed by atoms with Crippen LogP contribution in [-0.2, 0) is 0 Å². The van der Waals surface area contributed by atoms with Crippen LogP contribution in [0, 0.1) is 11.8 Å². The molecule has 108 valence electrons. The van der Waals surface area contributed by atoms with Gasteiger partial charge in [-0.2, -0.15) is 11.8 Å². The molecule has 1 N–H and O–H groups in total. The van der Waals surface area contributed by atoms with Crippen LogP contribution in [0.5, 0.6) is 0 Å². The van der Waals surface area contributed by atoms with Crippen LogP contribution < -0.4 is 5.32 Å². The molecule has 0 radical (unpaired) electrons. The molecule has 1 saturated carbocycles. The zero-order valence-electron chi connectivity index (χ0n) is 12.9. The minimum absolute atomic E-state index is 0.779. The third-order valence-corrected chi connectivity index (χ3v) is 5.73. The molecule has 1 nitrogen and oxygen atoms in total. The molecular formula is C16H33NS. The van der Waals surface area contributed by atoms with Gasteiger partial charge in [0.05, 0.1) is 0 Å². The Morgan fingerprint density at radius 1 is 1.17 bits per heavy atom. The van der Waals surface area contributed by atoms with Gasteiger partial charge in [-0.1, -0.05) is 34.1 Å². The summed E-state index contributed by atoms with van der Waals surface area (Å²) in [6.45, 7) is 10.6. The van der Waals surface area contributed by atoms with E-state index in [9.17, 15) is 0 Å². The number of hydrogen-bond acceptors (Lipinski definition) is 2. The Labute approximate surface area is 119 Å². The highest BCUT2D eigenvalue weighted by molar-refractivity contribution is 7.99. The fourth-order valence-corrected chi connectivity index (χ4v) is 4.50. The highest BCUT2D eigenvalue weighted by Crippen LogP contribution is 2.36. The molecule has 1 aliphatic rings. The lowest BCUT2D eigenvalue weighted by molar-refractivity contribution is 0.246. The molecular weight excluding hydrogens is 238 g/mol. The van der Waals surface area contributed by atoms with E-state index in [-0.39, 0.29) is 0 Å². The van der Waals surface area contributed by atoms with Gasteiger partial charge in [-0.15, -0.1) is 0 Å². The lowest BCUT2D eigenvalue weighted by Gasteiger charge is -2.38. The first-order valence-corrected chi connectivity index (χ1v) is 9.08. The first kappa shape index (κ1) is 16.4. The smallest absolute Gasteiger partial charge is 0.0203 e. The summed E-state index contributed by atoms with van der Waals surface area (Å²) in [4.78, 5) is 0. The molecule has 0 amide bonds. The highest BCUT2D eigenvalue weighted by atomic mass is 32.2. The first-order valence-electron chi connectivity index (χ1n) is 8.04. The largest absolute Gasteiger partial charge is 0.313 e. The maximum Gasteiger partial charge on any atom is 0.0203 e. The van der Waals surface area contributed by atoms with Crippen molar-refractivity contribution in [3.8, 4) is 0 Å². The van der Waals surface area contributed by atoms with Gasteiger partial charge in [-0.25, -0.2) is 0 Å². The average Bonchev–Trinajstić information content (AvgIpc) is 2.37. The van der Waals surface area contributed by atoms with E-state index in [0.717, 1.165) is 23.1 Å². The van der Waals surface area contributed by atoms with Crippen molar-refractivity contribution < 1.29 is 0 Å². The van der Waals surface area contributed by atoms with Crippen molar-refractivity contribution in [3.63, 3.8) is 0 Å². The summed E-state index contributed by atoms with van der Waals surface area (Å²) in [5.74, 6) is 3.19. The average molecular weight is 272 g/mol. The molecule has 0 saturated heterocycles. The lowest BCUT2D eigenvalue weighted by Crippen LogP contribution is -2.43. The second kappa shape index (κ2) is 9.25. The van der Waals surface area contributed by atoms with Crippen molar-refractivity contribution in [2.45, 2.75) is 77.5 Å². The van der Waals surface area contributed by atoms with E-state index in [4.69, 9.17) is 0 Å². The number of rotatable bonds is 8. The molecule has 0 aromatic heterocycles. The van der Waals surface area contributed by atoms with Crippen molar-refractivity contribution in [2.24, 2.45) is 11.8 Å². The fourth-order valence-electron chi connectivity index (χ4n) is 2.89. The van der Waals surface area contributed by atoms with E-state index in [2.05, 4.69) is 44.8 Å². The Kier molecular flexibility index (Phi) is 8.41. The maximum atomic E-state index is 3.79. The zero-order chi connectivity index (χ0) is 13.4. The zero-order valence-corrected chi connectivity index (χ0v) is 13.7. The normalized spacial score (nSPS) is 28.8. The van der Waals surface area contributed by atoms with Crippen LogP contribution in [0.4, 0.5) is 0 Å². The van der Waals surface area contributed by atoms with Crippen LogP contribution in [0.3, 0.4) is 0 Å². The number of nitrogens with one attached hydrogen (secondary N) is 1. The summed E-state index contributed by atoms with van der Waals surface area (Å²) < 4.78 is 0. The predicted molar refractivity (Wildman–Crippen MR) is 85.4 cm³/mol. The van der Waals surface area contributed by atoms with Crippen molar-refractivity contribution in [3.05, 3.63) is 0 Å². The summed E-state index contributed by atoms with van der Waals surface area (Å²) in [7, 11) is 0. The summed E-state index contributed by atoms with van der Waals surface area (Å²) in [6, 6.07) is 0.779. The predicted octanol–water partition coefficient (Wildman–Crippen LogP) is 4.71. The Morgan fingerprint density at radius 3 is 2.56 bits per heavy atom. The van der Waals surface area contributed by atoms with Crippen LogP contribution in [0.2, 0.25) is 0 Å². The van der Waals surface area contributed by atoms with Gasteiger partial charge in [0.1, 0.15) is 0 Å². The first-order chi connectivity index (χ1) is 8.69. The van der Waals surface area contributed by atoms with Crippen LogP contribution >= 0.6 is 11.8 Å². The molecule has 1 fully saturated rings. The van der Waals surface area contributed by atoms with Gasteiger partial charge in [0.15, 0.2) is 0 Å². The Balaban J connectivity index is 2.44. The molecule has 3 atom stereocenters. The Bertz CT molecular complexity index is 205. The minimum Gasteiger partial charge on any atom is -0.313 e. The molecule has 0 heterocycles. The van der Waals surface area contributed by atoms with E-state index >= 15 is 0 Å². The third-order valence-electron chi connectivity index (χ3n) is 4.26. The van der Waals surface area contributed by atoms with Gasteiger partial charge in [0.2, 0.25) is 0 Å². The van der Waals surface area contributed by atoms with Crippen molar-refractivity contribution in [1.82, 2.24) is 5.32 Å². The lowest BCUT2D eigenvalue weighted by atomic mass is 9.79. The number of unbranched alkanes of at least 4 members (excludes halogenated alkanes) is 1. The Hall–Kier alpha value is 0.310. The van der Waals surface area contributed by atoms with E-state index in [1.165, 1.54) is 50.8 Å². The third kappa shape index (κ3) is 5.52. The van der Waals surface area contributed by atoms with Crippen LogP contribution in [0.15, 0.2) is 0 Å². The standard InChI is InChI=1S/C16H33NS/c1-5-7-11-18-16-12-14(13(3)4)8-9-15(16)17-10-6-2/h13-17H,5-12H2,1-4H3. The number of thioether (sulfide) groups is 1. The van der Waals surface area contributed by atoms with Gasteiger partial charge < -0.3 is 5.32 Å². The monoisotopic (exact) mass is 271 g/mol. The summed E-state index contributed by atoms with van der Waals surface area (Å²) in [5.41, 5.74) is 0. The van der Waals surface area contributed by atoms with Crippen LogP contribution in [0.1, 0.15) is 66.2 Å². The van der Waals surface area contributed by atoms with Gasteiger partial charge in [-0.3, -0.25) is 0 Å². The SMILES string of the molecule is CCCCSC1CC(C(C)C)CCC1NCCC. The summed E-state index contributed by atoms with van der Waals surface area (Å²) in [6.07, 6.45) is 8.24. The van der Waals surface area contributed by atoms with E-state index in [1.807, 2.05) is 0 Å². The molecule has 3 unspecified atom stereocenters. The van der Waals surface area contributed by atoms with E-state index in [1.54, 1.807) is 0 Å². The van der Waals surface area contributed by atoms with E-state index in [0.29, 0.717) is 0 Å². The summed E-state index contributed by atoms with van der Waals surface area (Å²) in [5, 5.41) is 4.65. The van der Waals surface area contributed by atoms with Crippen molar-refractivity contribution in [1.29, 1.82) is 0 Å². The van der Waals surface area contributed by atoms with Gasteiger partial charge >= 0.3 is 0 Å². The van der Waals surface area contributed by atoms with Gasteiger partial charge in [0, 0.05) is 11.3 Å². The number of hydrogen-bond donors (Lipinski definition) is 1. The molecule has 0 spiro atoms. The summed E-state index contributed by atoms with van der Waals surface area (Å²) >= 11 is 2.24. The quantitative estimate of drug-likeness (QED) is 0.642. The van der Waals surface area contributed by atoms with Gasteiger partial charge in [-0.05, 0) is 56.2 Å². The second-order valence-corrected chi connectivity index (χ2v) is 7.49. The molecule has 18 heavy (non-hydrogen) atoms. The molecule has 0 aromatic rings. The van der Waals surface area contributed by atoms with Crippen LogP contribution in [-0.4, -0.2) is 23.6 Å². The maximum absolute atomic E-state index is 3.79.